The van der Waals surface area contributed by atoms with Crippen LogP contribution in [0.25, 0.3) is 11.3 Å². The number of aliphatic hydroxyl groups excluding tert-OH is 1. The van der Waals surface area contributed by atoms with Crippen molar-refractivity contribution < 1.29 is 23.5 Å². The van der Waals surface area contributed by atoms with E-state index in [2.05, 4.69) is 41.8 Å². The molecule has 0 spiro atoms. The van der Waals surface area contributed by atoms with Gasteiger partial charge in [-0.15, -0.1) is 0 Å². The number of aliphatic hydroxyl groups is 1. The van der Waals surface area contributed by atoms with Crippen molar-refractivity contribution in [2.75, 3.05) is 0 Å². The van der Waals surface area contributed by atoms with Gasteiger partial charge in [-0.2, -0.15) is 0 Å². The third-order valence-corrected chi connectivity index (χ3v) is 8.01. The molecule has 214 valence electrons. The van der Waals surface area contributed by atoms with Crippen LogP contribution in [0.1, 0.15) is 58.1 Å². The summed E-state index contributed by atoms with van der Waals surface area (Å²) in [6.45, 7) is 3.13. The van der Waals surface area contributed by atoms with Crippen molar-refractivity contribution in [1.29, 1.82) is 0 Å². The van der Waals surface area contributed by atoms with Crippen molar-refractivity contribution in [2.45, 2.75) is 26.0 Å². The molecule has 5 aromatic rings. The van der Waals surface area contributed by atoms with Crippen LogP contribution in [0.15, 0.2) is 79.5 Å². The molecular weight excluding hydrogens is 684 g/mol. The number of hydrogen-bond donors (Lipinski definition) is 1. The first-order valence-electron chi connectivity index (χ1n) is 12.3. The second-order valence-corrected chi connectivity index (χ2v) is 10.8. The van der Waals surface area contributed by atoms with E-state index in [0.717, 1.165) is 26.1 Å². The summed E-state index contributed by atoms with van der Waals surface area (Å²) in [7, 11) is 0. The molecule has 0 radical (unpaired) electrons. The molecule has 4 aromatic heterocycles. The minimum atomic E-state index is -0.864. The summed E-state index contributed by atoms with van der Waals surface area (Å²) in [4.78, 5) is 59.2. The molecule has 0 fully saturated rings. The summed E-state index contributed by atoms with van der Waals surface area (Å²) in [5.74, 6) is -1.97. The van der Waals surface area contributed by atoms with Gasteiger partial charge in [0.2, 0.25) is 0 Å². The molecule has 2 atom stereocenters. The highest BCUT2D eigenvalue weighted by Crippen LogP contribution is 2.32. The van der Waals surface area contributed by atoms with E-state index in [1.165, 1.54) is 31.2 Å². The lowest BCUT2D eigenvalue weighted by Gasteiger charge is -2.23. The van der Waals surface area contributed by atoms with Gasteiger partial charge in [0.25, 0.3) is 22.9 Å². The number of hydrogen-bond acceptors (Lipinski definition) is 7. The van der Waals surface area contributed by atoms with Gasteiger partial charge in [-0.3, -0.25) is 32.9 Å². The molecule has 10 nitrogen and oxygen atoms in total. The van der Waals surface area contributed by atoms with Gasteiger partial charge in [-0.05, 0) is 82.1 Å². The minimum Gasteiger partial charge on any atom is -0.387 e. The summed E-state index contributed by atoms with van der Waals surface area (Å²) in [6.07, 6.45) is 1.23. The zero-order valence-corrected chi connectivity index (χ0v) is 24.9. The predicted molar refractivity (Wildman–Crippen MR) is 154 cm³/mol. The van der Waals surface area contributed by atoms with Gasteiger partial charge in [0.05, 0.1) is 34.7 Å². The SMILES string of the molecule is CC(O)c1nc2ccc(F)cn2c(=O)c1Br.CC(c1nc2ccc(F)cn2c(=O)c1Br)N1C(=O)c2ccccc2C1=O. The number of aromatic nitrogens is 4. The van der Waals surface area contributed by atoms with E-state index in [1.54, 1.807) is 31.2 Å². The van der Waals surface area contributed by atoms with E-state index in [0.29, 0.717) is 16.8 Å². The third-order valence-electron chi connectivity index (χ3n) is 6.52. The first-order chi connectivity index (χ1) is 19.9. The van der Waals surface area contributed by atoms with E-state index < -0.39 is 46.7 Å². The second-order valence-electron chi connectivity index (χ2n) is 9.26. The van der Waals surface area contributed by atoms with Crippen molar-refractivity contribution in [2.24, 2.45) is 0 Å². The maximum absolute atomic E-state index is 13.4. The predicted octanol–water partition coefficient (Wildman–Crippen LogP) is 4.60. The summed E-state index contributed by atoms with van der Waals surface area (Å²) >= 11 is 6.23. The van der Waals surface area contributed by atoms with Crippen LogP contribution in [-0.2, 0) is 0 Å². The zero-order valence-electron chi connectivity index (χ0n) is 21.8. The summed E-state index contributed by atoms with van der Waals surface area (Å²) in [5, 5.41) is 9.43. The van der Waals surface area contributed by atoms with Gasteiger partial charge in [0, 0.05) is 12.4 Å². The van der Waals surface area contributed by atoms with Crippen LogP contribution in [-0.4, -0.2) is 40.6 Å². The van der Waals surface area contributed by atoms with Crippen molar-refractivity contribution in [3.63, 3.8) is 0 Å². The number of halogens is 4. The Morgan fingerprint density at radius 3 is 1.60 bits per heavy atom. The lowest BCUT2D eigenvalue weighted by Crippen LogP contribution is -2.34. The number of benzene rings is 1. The van der Waals surface area contributed by atoms with Gasteiger partial charge in [0.15, 0.2) is 0 Å². The normalized spacial score (nSPS) is 14.1. The highest BCUT2D eigenvalue weighted by molar-refractivity contribution is 9.10. The Morgan fingerprint density at radius 2 is 1.14 bits per heavy atom. The Balaban J connectivity index is 0.000000189. The van der Waals surface area contributed by atoms with E-state index in [-0.39, 0.29) is 26.0 Å². The standard InChI is InChI=1S/C18H11BrFN3O3.C10H8BrFN2O2/c1-9(23-16(24)11-4-2-3-5-12(11)17(23)25)15-14(19)18(26)22-8-10(20)6-7-13(22)21-15;1-5(15)9-8(11)10(16)14-4-6(12)2-3-7(14)13-9/h2-9H,1H3;2-5,15H,1H3. The fraction of sp³-hybridized carbons (Fsp3) is 0.143. The Morgan fingerprint density at radius 1 is 0.714 bits per heavy atom. The maximum Gasteiger partial charge on any atom is 0.272 e. The number of rotatable bonds is 3. The first kappa shape index (κ1) is 29.4. The van der Waals surface area contributed by atoms with Crippen molar-refractivity contribution in [1.82, 2.24) is 23.7 Å². The van der Waals surface area contributed by atoms with Gasteiger partial charge in [-0.25, -0.2) is 18.7 Å². The minimum absolute atomic E-state index is 0.0738. The van der Waals surface area contributed by atoms with E-state index in [1.807, 2.05) is 0 Å². The van der Waals surface area contributed by atoms with E-state index >= 15 is 0 Å². The molecule has 2 unspecified atom stereocenters. The van der Waals surface area contributed by atoms with Gasteiger partial charge in [0.1, 0.15) is 31.9 Å². The summed E-state index contributed by atoms with van der Waals surface area (Å²) in [5.41, 5.74) is 0.671. The monoisotopic (exact) mass is 701 g/mol. The van der Waals surface area contributed by atoms with Crippen molar-refractivity contribution in [3.8, 4) is 0 Å². The highest BCUT2D eigenvalue weighted by atomic mass is 79.9. The number of amides is 2. The summed E-state index contributed by atoms with van der Waals surface area (Å²) in [6, 6.07) is 10.9. The molecule has 6 rings (SSSR count). The zero-order chi connectivity index (χ0) is 30.5. The molecule has 5 heterocycles. The molecule has 1 aliphatic rings. The number of imide groups is 1. The Kier molecular flexibility index (Phi) is 7.88. The number of nitrogens with zero attached hydrogens (tertiary/aromatic N) is 5. The number of carbonyl (C=O) groups is 2. The molecule has 1 aliphatic heterocycles. The molecule has 14 heteroatoms. The van der Waals surface area contributed by atoms with Crippen LogP contribution >= 0.6 is 31.9 Å². The number of pyridine rings is 2. The number of fused-ring (bicyclic) bond motifs is 3. The van der Waals surface area contributed by atoms with Crippen LogP contribution in [0.3, 0.4) is 0 Å². The molecule has 0 bridgehead atoms. The lowest BCUT2D eigenvalue weighted by atomic mass is 10.1. The average Bonchev–Trinajstić information content (AvgIpc) is 3.22. The quantitative estimate of drug-likeness (QED) is 0.273. The molecule has 0 aliphatic carbocycles. The Labute approximate surface area is 252 Å². The highest BCUT2D eigenvalue weighted by Gasteiger charge is 2.40. The Bertz CT molecular complexity index is 2010. The second kappa shape index (κ2) is 11.3. The van der Waals surface area contributed by atoms with Crippen molar-refractivity contribution >= 4 is 55.0 Å². The van der Waals surface area contributed by atoms with Gasteiger partial charge in [-0.1, -0.05) is 12.1 Å². The van der Waals surface area contributed by atoms with Crippen LogP contribution in [0.5, 0.6) is 0 Å². The fourth-order valence-electron chi connectivity index (χ4n) is 4.45. The van der Waals surface area contributed by atoms with Gasteiger partial charge >= 0.3 is 0 Å². The fourth-order valence-corrected chi connectivity index (χ4v) is 5.67. The molecular formula is C28H19Br2F2N5O5. The molecule has 0 saturated heterocycles. The largest absolute Gasteiger partial charge is 0.387 e. The van der Waals surface area contributed by atoms with E-state index in [4.69, 9.17) is 0 Å². The molecule has 2 amide bonds. The average molecular weight is 703 g/mol. The molecule has 1 aromatic carbocycles. The molecule has 42 heavy (non-hydrogen) atoms. The first-order valence-corrected chi connectivity index (χ1v) is 13.9. The van der Waals surface area contributed by atoms with Crippen LogP contribution in [0, 0.1) is 11.6 Å². The maximum atomic E-state index is 13.4. The molecule has 1 N–H and O–H groups in total. The molecule has 0 saturated carbocycles. The third kappa shape index (κ3) is 5.05. The van der Waals surface area contributed by atoms with Crippen LogP contribution in [0.2, 0.25) is 0 Å². The lowest BCUT2D eigenvalue weighted by molar-refractivity contribution is 0.0591. The summed E-state index contributed by atoms with van der Waals surface area (Å²) < 4.78 is 28.7. The van der Waals surface area contributed by atoms with E-state index in [9.17, 15) is 33.1 Å². The topological polar surface area (TPSA) is 126 Å². The van der Waals surface area contributed by atoms with Crippen LogP contribution < -0.4 is 11.1 Å². The smallest absolute Gasteiger partial charge is 0.272 e. The van der Waals surface area contributed by atoms with Crippen LogP contribution in [0.4, 0.5) is 8.78 Å². The number of carbonyl (C=O) groups excluding carboxylic acids is 2. The van der Waals surface area contributed by atoms with Gasteiger partial charge < -0.3 is 5.11 Å². The van der Waals surface area contributed by atoms with Crippen molar-refractivity contribution in [3.05, 3.63) is 125 Å². The Hall–Kier alpha value is -4.14.